The third-order valence-corrected chi connectivity index (χ3v) is 3.35. The summed E-state index contributed by atoms with van der Waals surface area (Å²) >= 11 is 1.21. The van der Waals surface area contributed by atoms with E-state index in [1.807, 2.05) is 13.8 Å². The van der Waals surface area contributed by atoms with E-state index in [9.17, 15) is 4.79 Å². The van der Waals surface area contributed by atoms with Gasteiger partial charge < -0.3 is 9.84 Å². The van der Waals surface area contributed by atoms with Crippen molar-refractivity contribution in [3.63, 3.8) is 0 Å². The summed E-state index contributed by atoms with van der Waals surface area (Å²) in [6.45, 7) is 3.89. The van der Waals surface area contributed by atoms with Gasteiger partial charge in [0.15, 0.2) is 0 Å². The summed E-state index contributed by atoms with van der Waals surface area (Å²) in [5.74, 6) is -0.901. The third-order valence-electron chi connectivity index (χ3n) is 2.17. The SMILES string of the molecule is CCc1nc(C(CC)OC)sc1C(=O)O. The van der Waals surface area contributed by atoms with Crippen LogP contribution in [0.2, 0.25) is 0 Å². The highest BCUT2D eigenvalue weighted by molar-refractivity contribution is 7.13. The van der Waals surface area contributed by atoms with Gasteiger partial charge in [-0.1, -0.05) is 13.8 Å². The number of carbonyl (C=O) groups is 1. The van der Waals surface area contributed by atoms with Gasteiger partial charge in [-0.25, -0.2) is 9.78 Å². The second kappa shape index (κ2) is 5.23. The summed E-state index contributed by atoms with van der Waals surface area (Å²) in [6, 6.07) is 0. The van der Waals surface area contributed by atoms with E-state index in [1.165, 1.54) is 11.3 Å². The van der Waals surface area contributed by atoms with Gasteiger partial charge in [0.25, 0.3) is 0 Å². The van der Waals surface area contributed by atoms with Gasteiger partial charge in [0.1, 0.15) is 16.0 Å². The van der Waals surface area contributed by atoms with Gasteiger partial charge in [0, 0.05) is 7.11 Å². The summed E-state index contributed by atoms with van der Waals surface area (Å²) in [5.41, 5.74) is 0.651. The molecular formula is C10H15NO3S. The molecule has 0 aliphatic carbocycles. The van der Waals surface area contributed by atoms with Gasteiger partial charge in [0.05, 0.1) is 5.69 Å². The summed E-state index contributed by atoms with van der Waals surface area (Å²) in [6.07, 6.45) is 1.35. The fraction of sp³-hybridized carbons (Fsp3) is 0.600. The molecule has 0 fully saturated rings. The van der Waals surface area contributed by atoms with Crippen molar-refractivity contribution in [3.05, 3.63) is 15.6 Å². The zero-order chi connectivity index (χ0) is 11.4. The lowest BCUT2D eigenvalue weighted by Crippen LogP contribution is -1.99. The fourth-order valence-electron chi connectivity index (χ4n) is 1.36. The zero-order valence-corrected chi connectivity index (χ0v) is 9.93. The predicted molar refractivity (Wildman–Crippen MR) is 58.5 cm³/mol. The first-order valence-electron chi connectivity index (χ1n) is 4.89. The van der Waals surface area contributed by atoms with Crippen molar-refractivity contribution in [2.75, 3.05) is 7.11 Å². The number of aromatic nitrogens is 1. The van der Waals surface area contributed by atoms with Crippen molar-refractivity contribution < 1.29 is 14.6 Å². The maximum atomic E-state index is 10.9. The average Bonchev–Trinajstić information content (AvgIpc) is 2.64. The van der Waals surface area contributed by atoms with Crippen LogP contribution in [0.4, 0.5) is 0 Å². The van der Waals surface area contributed by atoms with Crippen LogP contribution in [0.15, 0.2) is 0 Å². The number of hydrogen-bond donors (Lipinski definition) is 1. The Bertz CT molecular complexity index is 344. The lowest BCUT2D eigenvalue weighted by molar-refractivity contribution is 0.0701. The number of thiazole rings is 1. The molecule has 1 N–H and O–H groups in total. The fourth-order valence-corrected chi connectivity index (χ4v) is 2.51. The third kappa shape index (κ3) is 2.54. The topological polar surface area (TPSA) is 59.4 Å². The summed E-state index contributed by atoms with van der Waals surface area (Å²) in [5, 5.41) is 9.73. The maximum Gasteiger partial charge on any atom is 0.347 e. The molecule has 1 atom stereocenters. The second-order valence-corrected chi connectivity index (χ2v) is 4.15. The Balaban J connectivity index is 3.06. The van der Waals surface area contributed by atoms with Crippen molar-refractivity contribution in [1.82, 2.24) is 4.98 Å². The van der Waals surface area contributed by atoms with Crippen molar-refractivity contribution in [2.24, 2.45) is 0 Å². The maximum absolute atomic E-state index is 10.9. The molecule has 1 unspecified atom stereocenters. The molecule has 0 saturated heterocycles. The molecule has 0 aliphatic rings. The van der Waals surface area contributed by atoms with Gasteiger partial charge in [-0.2, -0.15) is 0 Å². The molecule has 1 aromatic heterocycles. The zero-order valence-electron chi connectivity index (χ0n) is 9.11. The van der Waals surface area contributed by atoms with E-state index in [2.05, 4.69) is 4.98 Å². The lowest BCUT2D eigenvalue weighted by atomic mass is 10.2. The minimum atomic E-state index is -0.901. The normalized spacial score (nSPS) is 12.7. The molecule has 1 aromatic rings. The van der Waals surface area contributed by atoms with E-state index in [0.717, 1.165) is 11.4 Å². The van der Waals surface area contributed by atoms with Crippen LogP contribution in [0.3, 0.4) is 0 Å². The number of ether oxygens (including phenoxy) is 1. The van der Waals surface area contributed by atoms with Crippen LogP contribution in [0.1, 0.15) is 46.7 Å². The van der Waals surface area contributed by atoms with Gasteiger partial charge in [0.2, 0.25) is 0 Å². The Hall–Kier alpha value is -0.940. The predicted octanol–water partition coefficient (Wildman–Crippen LogP) is 2.50. The number of carboxylic acids is 1. The molecule has 0 aliphatic heterocycles. The van der Waals surface area contributed by atoms with Crippen molar-refractivity contribution in [1.29, 1.82) is 0 Å². The number of hydrogen-bond acceptors (Lipinski definition) is 4. The molecule has 0 saturated carbocycles. The second-order valence-electron chi connectivity index (χ2n) is 3.12. The molecule has 0 bridgehead atoms. The first-order valence-corrected chi connectivity index (χ1v) is 5.71. The van der Waals surface area contributed by atoms with Crippen molar-refractivity contribution in [3.8, 4) is 0 Å². The Kier molecular flexibility index (Phi) is 4.23. The molecule has 0 spiro atoms. The van der Waals surface area contributed by atoms with Gasteiger partial charge >= 0.3 is 5.97 Å². The number of aromatic carboxylic acids is 1. The molecule has 15 heavy (non-hydrogen) atoms. The Morgan fingerprint density at radius 3 is 2.60 bits per heavy atom. The highest BCUT2D eigenvalue weighted by atomic mass is 32.1. The van der Waals surface area contributed by atoms with Crippen LogP contribution < -0.4 is 0 Å². The summed E-state index contributed by atoms with van der Waals surface area (Å²) in [7, 11) is 1.61. The van der Waals surface area contributed by atoms with E-state index in [-0.39, 0.29) is 6.10 Å². The molecule has 0 amide bonds. The van der Waals surface area contributed by atoms with Crippen LogP contribution in [0.25, 0.3) is 0 Å². The van der Waals surface area contributed by atoms with E-state index in [4.69, 9.17) is 9.84 Å². The lowest BCUT2D eigenvalue weighted by Gasteiger charge is -2.08. The monoisotopic (exact) mass is 229 g/mol. The molecule has 0 radical (unpaired) electrons. The smallest absolute Gasteiger partial charge is 0.347 e. The highest BCUT2D eigenvalue weighted by Crippen LogP contribution is 2.28. The van der Waals surface area contributed by atoms with Crippen molar-refractivity contribution in [2.45, 2.75) is 32.8 Å². The van der Waals surface area contributed by atoms with Gasteiger partial charge in [-0.15, -0.1) is 11.3 Å². The Labute approximate surface area is 92.9 Å². The minimum Gasteiger partial charge on any atom is -0.477 e. The van der Waals surface area contributed by atoms with Gasteiger partial charge in [-0.3, -0.25) is 0 Å². The molecular weight excluding hydrogens is 214 g/mol. The average molecular weight is 229 g/mol. The van der Waals surface area contributed by atoms with Crippen LogP contribution in [-0.4, -0.2) is 23.2 Å². The molecule has 4 nitrogen and oxygen atoms in total. The number of aryl methyl sites for hydroxylation is 1. The summed E-state index contributed by atoms with van der Waals surface area (Å²) in [4.78, 5) is 15.6. The molecule has 84 valence electrons. The molecule has 1 rings (SSSR count). The molecule has 5 heteroatoms. The number of carboxylic acid groups (broad SMARTS) is 1. The molecule has 1 heterocycles. The summed E-state index contributed by atoms with van der Waals surface area (Å²) < 4.78 is 5.23. The Morgan fingerprint density at radius 1 is 1.60 bits per heavy atom. The number of nitrogens with zero attached hydrogens (tertiary/aromatic N) is 1. The number of methoxy groups -OCH3 is 1. The number of rotatable bonds is 5. The minimum absolute atomic E-state index is 0.0894. The standard InChI is InChI=1S/C10H15NO3S/c1-4-6-8(10(12)13)15-9(11-6)7(5-2)14-3/h7H,4-5H2,1-3H3,(H,12,13). The largest absolute Gasteiger partial charge is 0.477 e. The first-order chi connectivity index (χ1) is 7.13. The van der Waals surface area contributed by atoms with Crippen LogP contribution >= 0.6 is 11.3 Å². The van der Waals surface area contributed by atoms with E-state index in [0.29, 0.717) is 17.0 Å². The first kappa shape index (κ1) is 12.1. The highest BCUT2D eigenvalue weighted by Gasteiger charge is 2.20. The van der Waals surface area contributed by atoms with Crippen LogP contribution in [0, 0.1) is 0 Å². The molecule has 0 aromatic carbocycles. The van der Waals surface area contributed by atoms with Gasteiger partial charge in [-0.05, 0) is 12.8 Å². The van der Waals surface area contributed by atoms with E-state index < -0.39 is 5.97 Å². The Morgan fingerprint density at radius 2 is 2.27 bits per heavy atom. The van der Waals surface area contributed by atoms with E-state index >= 15 is 0 Å². The van der Waals surface area contributed by atoms with Crippen LogP contribution in [0.5, 0.6) is 0 Å². The van der Waals surface area contributed by atoms with Crippen LogP contribution in [-0.2, 0) is 11.2 Å². The quantitative estimate of drug-likeness (QED) is 0.842. The van der Waals surface area contributed by atoms with Crippen molar-refractivity contribution >= 4 is 17.3 Å². The van der Waals surface area contributed by atoms with E-state index in [1.54, 1.807) is 7.11 Å².